The van der Waals surface area contributed by atoms with Crippen LogP contribution in [0.15, 0.2) is 30.7 Å². The van der Waals surface area contributed by atoms with Crippen LogP contribution >= 0.6 is 0 Å². The number of nitrogens with zero attached hydrogens (tertiary/aromatic N) is 6. The zero-order chi connectivity index (χ0) is 17.8. The van der Waals surface area contributed by atoms with Gasteiger partial charge in [-0.05, 0) is 30.9 Å². The number of carbonyl (C=O) groups is 1. The maximum Gasteiger partial charge on any atom is 0.256 e. The fraction of sp³-hybridized carbons (Fsp3) is 0.444. The van der Waals surface area contributed by atoms with Gasteiger partial charge < -0.3 is 9.80 Å². The van der Waals surface area contributed by atoms with Gasteiger partial charge in [-0.2, -0.15) is 10.4 Å². The van der Waals surface area contributed by atoms with E-state index in [1.54, 1.807) is 34.2 Å². The third-order valence-corrected chi connectivity index (χ3v) is 4.64. The zero-order valence-corrected chi connectivity index (χ0v) is 14.6. The van der Waals surface area contributed by atoms with E-state index in [9.17, 15) is 4.79 Å². The molecule has 1 saturated heterocycles. The third kappa shape index (κ3) is 3.97. The minimum absolute atomic E-state index is 0.0129. The fourth-order valence-electron chi connectivity index (χ4n) is 3.23. The summed E-state index contributed by atoms with van der Waals surface area (Å²) in [7, 11) is 3.65. The highest BCUT2D eigenvalue weighted by Gasteiger charge is 2.23. The average Bonchev–Trinajstić information content (AvgIpc) is 3.08. The molecule has 0 bridgehead atoms. The molecule has 0 radical (unpaired) electrons. The molecule has 130 valence electrons. The summed E-state index contributed by atoms with van der Waals surface area (Å²) in [5.74, 6) is 1.34. The van der Waals surface area contributed by atoms with E-state index in [2.05, 4.69) is 21.1 Å². The van der Waals surface area contributed by atoms with E-state index < -0.39 is 0 Å². The predicted octanol–water partition coefficient (Wildman–Crippen LogP) is 1.68. The van der Waals surface area contributed by atoms with Crippen LogP contribution in [-0.2, 0) is 7.05 Å². The summed E-state index contributed by atoms with van der Waals surface area (Å²) in [6.45, 7) is 2.52. The lowest BCUT2D eigenvalue weighted by Gasteiger charge is -2.34. The summed E-state index contributed by atoms with van der Waals surface area (Å²) >= 11 is 0. The van der Waals surface area contributed by atoms with Crippen LogP contribution in [0.2, 0.25) is 0 Å². The summed E-state index contributed by atoms with van der Waals surface area (Å²) in [5.41, 5.74) is 1.26. The summed E-state index contributed by atoms with van der Waals surface area (Å²) in [5, 5.41) is 13.1. The van der Waals surface area contributed by atoms with Crippen LogP contribution in [0.3, 0.4) is 0 Å². The van der Waals surface area contributed by atoms with Gasteiger partial charge in [0.2, 0.25) is 0 Å². The van der Waals surface area contributed by atoms with Crippen molar-refractivity contribution in [3.63, 3.8) is 0 Å². The molecular formula is C18H22N6O. The first-order chi connectivity index (χ1) is 12.1. The maximum absolute atomic E-state index is 12.4. The predicted molar refractivity (Wildman–Crippen MR) is 94.1 cm³/mol. The Labute approximate surface area is 147 Å². The normalized spacial score (nSPS) is 15.0. The molecule has 2 aromatic heterocycles. The van der Waals surface area contributed by atoms with Gasteiger partial charge in [-0.3, -0.25) is 9.48 Å². The van der Waals surface area contributed by atoms with Gasteiger partial charge in [-0.25, -0.2) is 4.98 Å². The number of hydrogen-bond donors (Lipinski definition) is 0. The number of piperidine rings is 1. The lowest BCUT2D eigenvalue weighted by atomic mass is 9.96. The Kier molecular flexibility index (Phi) is 4.98. The first kappa shape index (κ1) is 17.0. The van der Waals surface area contributed by atoms with Gasteiger partial charge >= 0.3 is 0 Å². The molecule has 0 N–H and O–H groups in total. The number of rotatable bonds is 4. The molecule has 0 atom stereocenters. The summed E-state index contributed by atoms with van der Waals surface area (Å²) in [6, 6.07) is 5.70. The highest BCUT2D eigenvalue weighted by molar-refractivity contribution is 5.93. The molecule has 7 heteroatoms. The van der Waals surface area contributed by atoms with Crippen LogP contribution in [0.4, 0.5) is 5.82 Å². The van der Waals surface area contributed by atoms with Crippen molar-refractivity contribution in [1.82, 2.24) is 19.7 Å². The Morgan fingerprint density at radius 3 is 2.84 bits per heavy atom. The van der Waals surface area contributed by atoms with Crippen LogP contribution in [0, 0.1) is 17.2 Å². The topological polar surface area (TPSA) is 78.1 Å². The molecule has 0 aromatic carbocycles. The number of carbonyl (C=O) groups excluding carboxylic acids is 1. The highest BCUT2D eigenvalue weighted by Crippen LogP contribution is 2.23. The second kappa shape index (κ2) is 7.34. The molecule has 7 nitrogen and oxygen atoms in total. The highest BCUT2D eigenvalue weighted by atomic mass is 16.2. The van der Waals surface area contributed by atoms with Gasteiger partial charge in [0.05, 0.1) is 23.4 Å². The quantitative estimate of drug-likeness (QED) is 0.847. The Balaban J connectivity index is 1.53. The fourth-order valence-corrected chi connectivity index (χ4v) is 3.23. The van der Waals surface area contributed by atoms with Gasteiger partial charge in [0.25, 0.3) is 5.91 Å². The number of nitriles is 1. The molecule has 3 heterocycles. The van der Waals surface area contributed by atoms with E-state index in [4.69, 9.17) is 5.26 Å². The lowest BCUT2D eigenvalue weighted by Crippen LogP contribution is -2.39. The molecule has 0 saturated carbocycles. The second-order valence-corrected chi connectivity index (χ2v) is 6.53. The number of aryl methyl sites for hydroxylation is 1. The molecule has 0 spiro atoms. The first-order valence-corrected chi connectivity index (χ1v) is 8.42. The monoisotopic (exact) mass is 338 g/mol. The summed E-state index contributed by atoms with van der Waals surface area (Å²) < 4.78 is 1.64. The molecular weight excluding hydrogens is 316 g/mol. The molecule has 1 amide bonds. The van der Waals surface area contributed by atoms with Gasteiger partial charge in [0, 0.05) is 46.1 Å². The van der Waals surface area contributed by atoms with Gasteiger partial charge in [-0.1, -0.05) is 0 Å². The number of anilines is 1. The Morgan fingerprint density at radius 1 is 1.44 bits per heavy atom. The molecule has 2 aromatic rings. The van der Waals surface area contributed by atoms with E-state index in [-0.39, 0.29) is 5.91 Å². The molecule has 25 heavy (non-hydrogen) atoms. The van der Waals surface area contributed by atoms with Crippen LogP contribution in [0.1, 0.15) is 28.8 Å². The smallest absolute Gasteiger partial charge is 0.256 e. The van der Waals surface area contributed by atoms with Crippen molar-refractivity contribution in [1.29, 1.82) is 5.26 Å². The lowest BCUT2D eigenvalue weighted by molar-refractivity contribution is 0.0765. The average molecular weight is 338 g/mol. The van der Waals surface area contributed by atoms with E-state index >= 15 is 0 Å². The maximum atomic E-state index is 12.4. The van der Waals surface area contributed by atoms with Gasteiger partial charge in [-0.15, -0.1) is 0 Å². The molecule has 1 aliphatic heterocycles. The minimum Gasteiger partial charge on any atom is -0.357 e. The summed E-state index contributed by atoms with van der Waals surface area (Å²) in [6.07, 6.45) is 7.04. The number of pyridine rings is 1. The van der Waals surface area contributed by atoms with Crippen molar-refractivity contribution < 1.29 is 4.79 Å². The largest absolute Gasteiger partial charge is 0.357 e. The molecule has 3 rings (SSSR count). The molecule has 0 aliphatic carbocycles. The van der Waals surface area contributed by atoms with E-state index in [0.29, 0.717) is 17.0 Å². The zero-order valence-electron chi connectivity index (χ0n) is 14.6. The van der Waals surface area contributed by atoms with E-state index in [0.717, 1.165) is 38.3 Å². The molecule has 0 unspecified atom stereocenters. The Bertz CT molecular complexity index is 785. The second-order valence-electron chi connectivity index (χ2n) is 6.53. The number of aromatic nitrogens is 3. The standard InChI is InChI=1S/C18H22N6O/c1-22(18(25)16-11-21-23(2)13-16)12-14-4-7-24(8-5-14)17-9-15(10-19)3-6-20-17/h3,6,9,11,13-14H,4-5,7-8,12H2,1-2H3. The third-order valence-electron chi connectivity index (χ3n) is 4.64. The van der Waals surface area contributed by atoms with Crippen LogP contribution < -0.4 is 4.90 Å². The van der Waals surface area contributed by atoms with Crippen LogP contribution in [-0.4, -0.2) is 52.3 Å². The SMILES string of the molecule is CN(CC1CCN(c2cc(C#N)ccn2)CC1)C(=O)c1cnn(C)c1. The van der Waals surface area contributed by atoms with Crippen LogP contribution in [0.5, 0.6) is 0 Å². The van der Waals surface area contributed by atoms with E-state index in [1.807, 2.05) is 20.2 Å². The van der Waals surface area contributed by atoms with Gasteiger partial charge in [0.15, 0.2) is 0 Å². The Hall–Kier alpha value is -2.88. The van der Waals surface area contributed by atoms with Crippen molar-refractivity contribution >= 4 is 11.7 Å². The van der Waals surface area contributed by atoms with Crippen molar-refractivity contribution in [3.05, 3.63) is 41.9 Å². The summed E-state index contributed by atoms with van der Waals surface area (Å²) in [4.78, 5) is 20.8. The number of amides is 1. The van der Waals surface area contributed by atoms with Crippen molar-refractivity contribution in [3.8, 4) is 6.07 Å². The van der Waals surface area contributed by atoms with Crippen molar-refractivity contribution in [2.45, 2.75) is 12.8 Å². The molecule has 1 fully saturated rings. The number of hydrogen-bond acceptors (Lipinski definition) is 5. The Morgan fingerprint density at radius 2 is 2.20 bits per heavy atom. The first-order valence-electron chi connectivity index (χ1n) is 8.42. The van der Waals surface area contributed by atoms with E-state index in [1.165, 1.54) is 0 Å². The molecule has 1 aliphatic rings. The minimum atomic E-state index is 0.0129. The van der Waals surface area contributed by atoms with Crippen LogP contribution in [0.25, 0.3) is 0 Å². The van der Waals surface area contributed by atoms with Crippen molar-refractivity contribution in [2.24, 2.45) is 13.0 Å². The van der Waals surface area contributed by atoms with Crippen molar-refractivity contribution in [2.75, 3.05) is 31.6 Å². The van der Waals surface area contributed by atoms with Gasteiger partial charge in [0.1, 0.15) is 5.82 Å².